The van der Waals surface area contributed by atoms with Gasteiger partial charge in [0, 0.05) is 5.69 Å². The summed E-state index contributed by atoms with van der Waals surface area (Å²) >= 11 is 0. The Morgan fingerprint density at radius 3 is 2.33 bits per heavy atom. The summed E-state index contributed by atoms with van der Waals surface area (Å²) in [6.07, 6.45) is -4.36. The van der Waals surface area contributed by atoms with Crippen LogP contribution in [0.3, 0.4) is 0 Å². The first-order valence-electron chi connectivity index (χ1n) is 5.38. The van der Waals surface area contributed by atoms with E-state index in [-0.39, 0.29) is 12.1 Å². The fourth-order valence-electron chi connectivity index (χ4n) is 1.43. The van der Waals surface area contributed by atoms with Gasteiger partial charge >= 0.3 is 12.1 Å². The molecule has 0 saturated heterocycles. The van der Waals surface area contributed by atoms with Crippen LogP contribution in [0.1, 0.15) is 25.8 Å². The van der Waals surface area contributed by atoms with Crippen molar-refractivity contribution in [3.8, 4) is 0 Å². The Bertz CT molecular complexity index is 445. The van der Waals surface area contributed by atoms with Crippen molar-refractivity contribution >= 4 is 11.7 Å². The Labute approximate surface area is 103 Å². The lowest BCUT2D eigenvalue weighted by atomic mass is 9.98. The number of halogens is 3. The maximum absolute atomic E-state index is 12.7. The van der Waals surface area contributed by atoms with Crippen LogP contribution < -0.4 is 5.32 Å². The molecule has 0 aliphatic carbocycles. The van der Waals surface area contributed by atoms with Gasteiger partial charge in [0.25, 0.3) is 0 Å². The van der Waals surface area contributed by atoms with E-state index in [0.717, 1.165) is 6.07 Å². The molecule has 1 rings (SSSR count). The number of benzene rings is 1. The molecule has 100 valence electrons. The van der Waals surface area contributed by atoms with Gasteiger partial charge in [-0.05, 0) is 25.5 Å². The molecule has 0 fully saturated rings. The minimum Gasteiger partial charge on any atom is -0.480 e. The zero-order valence-corrected chi connectivity index (χ0v) is 10.0. The highest BCUT2D eigenvalue weighted by Gasteiger charge is 2.37. The number of carboxylic acid groups (broad SMARTS) is 1. The zero-order valence-electron chi connectivity index (χ0n) is 10.0. The van der Waals surface area contributed by atoms with E-state index in [1.54, 1.807) is 6.92 Å². The predicted octanol–water partition coefficient (Wildman–Crippen LogP) is 3.37. The van der Waals surface area contributed by atoms with Crippen molar-refractivity contribution in [1.82, 2.24) is 0 Å². The molecule has 0 aliphatic rings. The smallest absolute Gasteiger partial charge is 0.418 e. The number of hydrogen-bond donors (Lipinski definition) is 2. The predicted molar refractivity (Wildman–Crippen MR) is 61.4 cm³/mol. The molecule has 1 aromatic carbocycles. The van der Waals surface area contributed by atoms with E-state index >= 15 is 0 Å². The van der Waals surface area contributed by atoms with Crippen LogP contribution in [0.4, 0.5) is 18.9 Å². The van der Waals surface area contributed by atoms with Crippen molar-refractivity contribution in [1.29, 1.82) is 0 Å². The van der Waals surface area contributed by atoms with Crippen molar-refractivity contribution in [2.45, 2.75) is 32.0 Å². The van der Waals surface area contributed by atoms with E-state index < -0.39 is 23.2 Å². The Kier molecular flexibility index (Phi) is 3.88. The monoisotopic (exact) mass is 261 g/mol. The average molecular weight is 261 g/mol. The van der Waals surface area contributed by atoms with Gasteiger partial charge in [0.05, 0.1) is 5.56 Å². The fourth-order valence-corrected chi connectivity index (χ4v) is 1.43. The molecule has 0 bridgehead atoms. The quantitative estimate of drug-likeness (QED) is 0.873. The molecule has 6 heteroatoms. The van der Waals surface area contributed by atoms with E-state index in [2.05, 4.69) is 5.32 Å². The van der Waals surface area contributed by atoms with Crippen LogP contribution in [-0.2, 0) is 11.0 Å². The molecule has 0 amide bonds. The van der Waals surface area contributed by atoms with Gasteiger partial charge in [-0.15, -0.1) is 0 Å². The molecule has 0 radical (unpaired) electrons. The summed E-state index contributed by atoms with van der Waals surface area (Å²) in [5, 5.41) is 11.5. The van der Waals surface area contributed by atoms with E-state index in [0.29, 0.717) is 0 Å². The number of carboxylic acids is 1. The maximum atomic E-state index is 12.7. The highest BCUT2D eigenvalue weighted by molar-refractivity contribution is 5.82. The number of para-hydroxylation sites is 1. The fraction of sp³-hybridized carbons (Fsp3) is 0.417. The molecule has 18 heavy (non-hydrogen) atoms. The molecule has 1 unspecified atom stereocenters. The van der Waals surface area contributed by atoms with E-state index in [4.69, 9.17) is 5.11 Å². The first-order chi connectivity index (χ1) is 8.20. The summed E-state index contributed by atoms with van der Waals surface area (Å²) < 4.78 is 38.2. The largest absolute Gasteiger partial charge is 0.480 e. The summed E-state index contributed by atoms with van der Waals surface area (Å²) in [5.41, 5.74) is -2.52. The average Bonchev–Trinajstić information content (AvgIpc) is 2.28. The van der Waals surface area contributed by atoms with Gasteiger partial charge < -0.3 is 10.4 Å². The van der Waals surface area contributed by atoms with Crippen LogP contribution in [0, 0.1) is 0 Å². The van der Waals surface area contributed by atoms with E-state index in [1.807, 2.05) is 0 Å². The van der Waals surface area contributed by atoms with Crippen LogP contribution in [0.25, 0.3) is 0 Å². The third-order valence-corrected chi connectivity index (χ3v) is 2.82. The first kappa shape index (κ1) is 14.3. The summed E-state index contributed by atoms with van der Waals surface area (Å²) in [5.74, 6) is -1.19. The molecule has 0 saturated carbocycles. The van der Waals surface area contributed by atoms with E-state index in [1.165, 1.54) is 25.1 Å². The highest BCUT2D eigenvalue weighted by atomic mass is 19.4. The van der Waals surface area contributed by atoms with Gasteiger partial charge in [0.2, 0.25) is 0 Å². The molecule has 0 aliphatic heterocycles. The van der Waals surface area contributed by atoms with Gasteiger partial charge in [0.1, 0.15) is 5.54 Å². The van der Waals surface area contributed by atoms with Gasteiger partial charge in [-0.3, -0.25) is 0 Å². The molecule has 0 spiro atoms. The van der Waals surface area contributed by atoms with Gasteiger partial charge in [0.15, 0.2) is 0 Å². The summed E-state index contributed by atoms with van der Waals surface area (Å²) in [6.45, 7) is 2.94. The molecule has 1 atom stereocenters. The third-order valence-electron chi connectivity index (χ3n) is 2.82. The van der Waals surface area contributed by atoms with Crippen molar-refractivity contribution in [2.24, 2.45) is 0 Å². The van der Waals surface area contributed by atoms with Crippen molar-refractivity contribution < 1.29 is 23.1 Å². The molecular weight excluding hydrogens is 247 g/mol. The molecule has 3 nitrogen and oxygen atoms in total. The Morgan fingerprint density at radius 1 is 1.33 bits per heavy atom. The van der Waals surface area contributed by atoms with Gasteiger partial charge in [-0.1, -0.05) is 19.1 Å². The lowest BCUT2D eigenvalue weighted by Gasteiger charge is -2.27. The van der Waals surface area contributed by atoms with Crippen LogP contribution in [0.5, 0.6) is 0 Å². The second-order valence-electron chi connectivity index (χ2n) is 4.16. The SMILES string of the molecule is CCC(C)(Nc1ccccc1C(F)(F)F)C(=O)O. The standard InChI is InChI=1S/C12H14F3NO2/c1-3-11(2,10(17)18)16-9-7-5-4-6-8(9)12(13,14)15/h4-7,16H,3H2,1-2H3,(H,17,18). The zero-order chi connectivity index (χ0) is 14.0. The summed E-state index contributed by atoms with van der Waals surface area (Å²) in [7, 11) is 0. The number of rotatable bonds is 4. The highest BCUT2D eigenvalue weighted by Crippen LogP contribution is 2.36. The Morgan fingerprint density at radius 2 is 1.89 bits per heavy atom. The molecule has 0 heterocycles. The van der Waals surface area contributed by atoms with Crippen LogP contribution in [0.15, 0.2) is 24.3 Å². The molecular formula is C12H14F3NO2. The van der Waals surface area contributed by atoms with Crippen LogP contribution in [0.2, 0.25) is 0 Å². The van der Waals surface area contributed by atoms with E-state index in [9.17, 15) is 18.0 Å². The summed E-state index contributed by atoms with van der Waals surface area (Å²) in [6, 6.07) is 4.83. The number of anilines is 1. The Hall–Kier alpha value is -1.72. The second kappa shape index (κ2) is 4.88. The lowest BCUT2D eigenvalue weighted by Crippen LogP contribution is -2.43. The number of hydrogen-bond acceptors (Lipinski definition) is 2. The topological polar surface area (TPSA) is 49.3 Å². The maximum Gasteiger partial charge on any atom is 0.418 e. The minimum atomic E-state index is -4.52. The number of carbonyl (C=O) groups is 1. The second-order valence-corrected chi connectivity index (χ2v) is 4.16. The first-order valence-corrected chi connectivity index (χ1v) is 5.38. The molecule has 1 aromatic rings. The normalized spacial score (nSPS) is 14.9. The lowest BCUT2D eigenvalue weighted by molar-refractivity contribution is -0.142. The van der Waals surface area contributed by atoms with Gasteiger partial charge in [-0.2, -0.15) is 13.2 Å². The van der Waals surface area contributed by atoms with Crippen molar-refractivity contribution in [3.63, 3.8) is 0 Å². The van der Waals surface area contributed by atoms with Gasteiger partial charge in [-0.25, -0.2) is 4.79 Å². The number of alkyl halides is 3. The Balaban J connectivity index is 3.16. The molecule has 0 aromatic heterocycles. The summed E-state index contributed by atoms with van der Waals surface area (Å²) in [4.78, 5) is 11.1. The number of nitrogens with one attached hydrogen (secondary N) is 1. The minimum absolute atomic E-state index is 0.161. The molecule has 2 N–H and O–H groups in total. The van der Waals surface area contributed by atoms with Crippen LogP contribution in [-0.4, -0.2) is 16.6 Å². The van der Waals surface area contributed by atoms with Crippen molar-refractivity contribution in [3.05, 3.63) is 29.8 Å². The van der Waals surface area contributed by atoms with Crippen LogP contribution >= 0.6 is 0 Å². The van der Waals surface area contributed by atoms with Crippen molar-refractivity contribution in [2.75, 3.05) is 5.32 Å². The number of aliphatic carboxylic acids is 1. The third kappa shape index (κ3) is 2.94.